The second-order valence-electron chi connectivity index (χ2n) is 9.17. The third-order valence-corrected chi connectivity index (χ3v) is 6.60. The number of nitrogens with zero attached hydrogens (tertiary/aromatic N) is 1. The van der Waals surface area contributed by atoms with Crippen LogP contribution in [-0.4, -0.2) is 27.6 Å². The van der Waals surface area contributed by atoms with Gasteiger partial charge in [-0.05, 0) is 55.4 Å². The van der Waals surface area contributed by atoms with Crippen molar-refractivity contribution >= 4 is 8.32 Å². The van der Waals surface area contributed by atoms with E-state index in [1.165, 1.54) is 0 Å². The molecule has 0 aliphatic carbocycles. The average Bonchev–Trinajstić information content (AvgIpc) is 2.83. The van der Waals surface area contributed by atoms with Crippen molar-refractivity contribution in [3.8, 4) is 11.8 Å². The van der Waals surface area contributed by atoms with Gasteiger partial charge in [-0.1, -0.05) is 72.8 Å². The summed E-state index contributed by atoms with van der Waals surface area (Å²) < 4.78 is 18.5. The first-order chi connectivity index (χ1) is 15.8. The number of hydrogen-bond donors (Lipinski definition) is 0. The van der Waals surface area contributed by atoms with Gasteiger partial charge in [0.05, 0.1) is 32.0 Å². The number of benzene rings is 3. The van der Waals surface area contributed by atoms with Crippen LogP contribution in [0.4, 0.5) is 0 Å². The van der Waals surface area contributed by atoms with Crippen LogP contribution in [0.3, 0.4) is 0 Å². The van der Waals surface area contributed by atoms with Crippen LogP contribution < -0.4 is 4.74 Å². The van der Waals surface area contributed by atoms with Crippen LogP contribution in [0.25, 0.3) is 0 Å². The Kier molecular flexibility index (Phi) is 8.09. The van der Waals surface area contributed by atoms with E-state index in [9.17, 15) is 5.26 Å². The lowest BCUT2D eigenvalue weighted by Crippen LogP contribution is -2.52. The molecule has 0 spiro atoms. The molecule has 0 fully saturated rings. The topological polar surface area (TPSA) is 51.5 Å². The largest absolute Gasteiger partial charge is 0.497 e. The first-order valence-corrected chi connectivity index (χ1v) is 14.7. The highest BCUT2D eigenvalue weighted by molar-refractivity contribution is 6.69. The molecule has 172 valence electrons. The van der Waals surface area contributed by atoms with Crippen molar-refractivity contribution in [1.82, 2.24) is 0 Å². The normalized spacial score (nSPS) is 15.2. The molecule has 0 amide bonds. The predicted molar refractivity (Wildman–Crippen MR) is 135 cm³/mol. The Bertz CT molecular complexity index is 1040. The van der Waals surface area contributed by atoms with E-state index in [0.717, 1.165) is 22.4 Å². The van der Waals surface area contributed by atoms with Crippen LogP contribution in [0.15, 0.2) is 84.9 Å². The van der Waals surface area contributed by atoms with E-state index < -0.39 is 19.8 Å². The molecule has 0 N–H and O–H groups in total. The summed E-state index contributed by atoms with van der Waals surface area (Å²) in [6.45, 7) is 8.89. The smallest absolute Gasteiger partial charge is 0.184 e. The molecule has 0 saturated heterocycles. The summed E-state index contributed by atoms with van der Waals surface area (Å²) in [7, 11) is -0.418. The molecule has 5 heteroatoms. The van der Waals surface area contributed by atoms with Crippen LogP contribution in [0, 0.1) is 11.3 Å². The van der Waals surface area contributed by atoms with Crippen LogP contribution in [0.2, 0.25) is 19.6 Å². The molecule has 0 aliphatic rings. The van der Waals surface area contributed by atoms with Crippen LogP contribution in [0.5, 0.6) is 5.75 Å². The van der Waals surface area contributed by atoms with Gasteiger partial charge in [-0.3, -0.25) is 0 Å². The standard InChI is InChI=1S/C28H33NO3Si/c1-22(31-20-23-12-8-6-9-13-23)27(32-33(3,4)5)28(21-29,24-14-10-7-11-15-24)25-16-18-26(30-2)19-17-25/h6-19,22,27H,20H2,1-5H3/t22-,27+,28-/m0/s1. The minimum atomic E-state index is -2.06. The first-order valence-electron chi connectivity index (χ1n) is 11.2. The molecule has 3 rings (SSSR count). The Labute approximate surface area is 198 Å². The minimum Gasteiger partial charge on any atom is -0.497 e. The van der Waals surface area contributed by atoms with E-state index >= 15 is 0 Å². The van der Waals surface area contributed by atoms with Crippen molar-refractivity contribution in [2.24, 2.45) is 0 Å². The molecule has 3 aromatic carbocycles. The van der Waals surface area contributed by atoms with Gasteiger partial charge in [0, 0.05) is 0 Å². The van der Waals surface area contributed by atoms with Gasteiger partial charge >= 0.3 is 0 Å². The second kappa shape index (κ2) is 10.8. The van der Waals surface area contributed by atoms with Crippen LogP contribution in [-0.2, 0) is 21.2 Å². The lowest BCUT2D eigenvalue weighted by atomic mass is 9.70. The third-order valence-electron chi connectivity index (χ3n) is 5.64. The van der Waals surface area contributed by atoms with Crippen LogP contribution in [0.1, 0.15) is 23.6 Å². The Balaban J connectivity index is 2.11. The summed E-state index contributed by atoms with van der Waals surface area (Å²) in [5, 5.41) is 10.8. The molecule has 33 heavy (non-hydrogen) atoms. The molecule has 0 aliphatic heterocycles. The first kappa shape index (κ1) is 24.7. The summed E-state index contributed by atoms with van der Waals surface area (Å²) in [5.74, 6) is 0.745. The molecule has 0 unspecified atom stereocenters. The SMILES string of the molecule is COc1ccc([C@](C#N)(c2ccccc2)[C@H](O[Si](C)(C)C)[C@H](C)OCc2ccccc2)cc1. The maximum atomic E-state index is 10.8. The van der Waals surface area contributed by atoms with E-state index in [1.807, 2.05) is 91.9 Å². The van der Waals surface area contributed by atoms with Crippen molar-refractivity contribution in [2.45, 2.75) is 50.8 Å². The van der Waals surface area contributed by atoms with Gasteiger partial charge in [0.15, 0.2) is 8.32 Å². The fraction of sp³-hybridized carbons (Fsp3) is 0.321. The fourth-order valence-corrected chi connectivity index (χ4v) is 5.18. The van der Waals surface area contributed by atoms with Gasteiger partial charge < -0.3 is 13.9 Å². The van der Waals surface area contributed by atoms with Crippen molar-refractivity contribution in [3.63, 3.8) is 0 Å². The summed E-state index contributed by atoms with van der Waals surface area (Å²) >= 11 is 0. The summed E-state index contributed by atoms with van der Waals surface area (Å²) in [5.41, 5.74) is 1.78. The van der Waals surface area contributed by atoms with Crippen molar-refractivity contribution in [1.29, 1.82) is 5.26 Å². The zero-order valence-corrected chi connectivity index (χ0v) is 21.1. The molecule has 0 saturated carbocycles. The Morgan fingerprint density at radius 2 is 1.39 bits per heavy atom. The van der Waals surface area contributed by atoms with Crippen molar-refractivity contribution < 1.29 is 13.9 Å². The van der Waals surface area contributed by atoms with Gasteiger partial charge in [-0.15, -0.1) is 0 Å². The Morgan fingerprint density at radius 3 is 1.91 bits per heavy atom. The number of rotatable bonds is 10. The Hall–Kier alpha value is -2.91. The van der Waals surface area contributed by atoms with Crippen molar-refractivity contribution in [3.05, 3.63) is 102 Å². The molecule has 3 aromatic rings. The van der Waals surface area contributed by atoms with Crippen molar-refractivity contribution in [2.75, 3.05) is 7.11 Å². The molecular formula is C28H33NO3Si. The van der Waals surface area contributed by atoms with E-state index in [-0.39, 0.29) is 6.10 Å². The number of methoxy groups -OCH3 is 1. The average molecular weight is 460 g/mol. The molecular weight excluding hydrogens is 426 g/mol. The predicted octanol–water partition coefficient (Wildman–Crippen LogP) is 6.33. The zero-order chi connectivity index (χ0) is 23.9. The summed E-state index contributed by atoms with van der Waals surface area (Å²) in [6, 6.07) is 30.3. The van der Waals surface area contributed by atoms with E-state index in [2.05, 4.69) is 25.7 Å². The highest BCUT2D eigenvalue weighted by Gasteiger charge is 2.48. The molecule has 3 atom stereocenters. The zero-order valence-electron chi connectivity index (χ0n) is 20.1. The lowest BCUT2D eigenvalue weighted by molar-refractivity contribution is -0.0436. The number of nitriles is 1. The molecule has 0 radical (unpaired) electrons. The van der Waals surface area contributed by atoms with E-state index in [1.54, 1.807) is 7.11 Å². The maximum Gasteiger partial charge on any atom is 0.184 e. The maximum absolute atomic E-state index is 10.8. The fourth-order valence-electron chi connectivity index (χ4n) is 4.05. The lowest BCUT2D eigenvalue weighted by Gasteiger charge is -2.42. The molecule has 0 aromatic heterocycles. The monoisotopic (exact) mass is 459 g/mol. The van der Waals surface area contributed by atoms with E-state index in [4.69, 9.17) is 13.9 Å². The third kappa shape index (κ3) is 5.91. The Morgan fingerprint density at radius 1 is 0.848 bits per heavy atom. The summed E-state index contributed by atoms with van der Waals surface area (Å²) in [6.07, 6.45) is -0.840. The van der Waals surface area contributed by atoms with Crippen LogP contribution >= 0.6 is 0 Å². The molecule has 0 bridgehead atoms. The quantitative estimate of drug-likeness (QED) is 0.332. The second-order valence-corrected chi connectivity index (χ2v) is 13.6. The highest BCUT2D eigenvalue weighted by Crippen LogP contribution is 2.41. The molecule has 0 heterocycles. The number of ether oxygens (including phenoxy) is 2. The summed E-state index contributed by atoms with van der Waals surface area (Å²) in [4.78, 5) is 0. The van der Waals surface area contributed by atoms with Gasteiger partial charge in [-0.2, -0.15) is 5.26 Å². The van der Waals surface area contributed by atoms with Gasteiger partial charge in [-0.25, -0.2) is 0 Å². The van der Waals surface area contributed by atoms with Gasteiger partial charge in [0.2, 0.25) is 0 Å². The molecule has 4 nitrogen and oxygen atoms in total. The number of hydrogen-bond acceptors (Lipinski definition) is 4. The van der Waals surface area contributed by atoms with Gasteiger partial charge in [0.25, 0.3) is 0 Å². The minimum absolute atomic E-state index is 0.334. The van der Waals surface area contributed by atoms with E-state index in [0.29, 0.717) is 6.61 Å². The highest BCUT2D eigenvalue weighted by atomic mass is 28.4. The van der Waals surface area contributed by atoms with Gasteiger partial charge in [0.1, 0.15) is 11.2 Å².